The molecule has 0 spiro atoms. The average Bonchev–Trinajstić information content (AvgIpc) is 2.51. The summed E-state index contributed by atoms with van der Waals surface area (Å²) in [6.45, 7) is 11.6. The Labute approximate surface area is 129 Å². The van der Waals surface area contributed by atoms with Gasteiger partial charge in [-0.15, -0.1) is 0 Å². The Bertz CT molecular complexity index is 491. The number of hydrogen-bond acceptors (Lipinski definition) is 2. The van der Waals surface area contributed by atoms with Crippen LogP contribution in [0.2, 0.25) is 0 Å². The van der Waals surface area contributed by atoms with Gasteiger partial charge in [0.05, 0.1) is 6.67 Å². The number of rotatable bonds is 6. The standard InChI is InChI=1S/C19H26N2/c1-5-20(18-11-7-16(3)8-12-18)15-21(6-2)19-13-9-17(4)10-14-19/h7-14H,5-6,15H2,1-4H3. The molecule has 2 nitrogen and oxygen atoms in total. The van der Waals surface area contributed by atoms with E-state index in [0.29, 0.717) is 0 Å². The average molecular weight is 282 g/mol. The molecular weight excluding hydrogens is 256 g/mol. The maximum Gasteiger partial charge on any atom is 0.0902 e. The first-order valence-electron chi connectivity index (χ1n) is 7.77. The first-order chi connectivity index (χ1) is 10.1. The van der Waals surface area contributed by atoms with Crippen molar-refractivity contribution in [3.05, 3.63) is 59.7 Å². The SMILES string of the molecule is CCN(CN(CC)c1ccc(C)cc1)c1ccc(C)cc1. The summed E-state index contributed by atoms with van der Waals surface area (Å²) in [6.07, 6.45) is 0. The topological polar surface area (TPSA) is 6.48 Å². The summed E-state index contributed by atoms with van der Waals surface area (Å²) in [7, 11) is 0. The van der Waals surface area contributed by atoms with Crippen LogP contribution >= 0.6 is 0 Å². The van der Waals surface area contributed by atoms with E-state index in [4.69, 9.17) is 0 Å². The summed E-state index contributed by atoms with van der Waals surface area (Å²) < 4.78 is 0. The van der Waals surface area contributed by atoms with Crippen molar-refractivity contribution in [1.29, 1.82) is 0 Å². The van der Waals surface area contributed by atoms with Gasteiger partial charge in [0, 0.05) is 24.5 Å². The van der Waals surface area contributed by atoms with Gasteiger partial charge in [-0.3, -0.25) is 0 Å². The smallest absolute Gasteiger partial charge is 0.0902 e. The number of nitrogens with zero attached hydrogens (tertiary/aromatic N) is 2. The van der Waals surface area contributed by atoms with Gasteiger partial charge in [0.2, 0.25) is 0 Å². The van der Waals surface area contributed by atoms with Crippen molar-refractivity contribution in [1.82, 2.24) is 0 Å². The molecule has 0 saturated carbocycles. The Balaban J connectivity index is 2.15. The van der Waals surface area contributed by atoms with Gasteiger partial charge in [-0.2, -0.15) is 0 Å². The Morgan fingerprint density at radius 2 is 0.952 bits per heavy atom. The second-order valence-corrected chi connectivity index (χ2v) is 5.52. The molecule has 0 amide bonds. The molecule has 112 valence electrons. The molecule has 0 unspecified atom stereocenters. The summed E-state index contributed by atoms with van der Waals surface area (Å²) in [5.41, 5.74) is 5.18. The van der Waals surface area contributed by atoms with Crippen molar-refractivity contribution in [3.8, 4) is 0 Å². The van der Waals surface area contributed by atoms with E-state index in [1.54, 1.807) is 0 Å². The molecule has 0 aromatic heterocycles. The highest BCUT2D eigenvalue weighted by molar-refractivity contribution is 5.52. The molecule has 0 saturated heterocycles. The van der Waals surface area contributed by atoms with Crippen LogP contribution in [-0.4, -0.2) is 19.8 Å². The molecule has 0 N–H and O–H groups in total. The molecule has 2 heteroatoms. The summed E-state index contributed by atoms with van der Waals surface area (Å²) >= 11 is 0. The number of hydrogen-bond donors (Lipinski definition) is 0. The maximum absolute atomic E-state index is 2.41. The third kappa shape index (κ3) is 4.01. The van der Waals surface area contributed by atoms with Gasteiger partial charge in [0.25, 0.3) is 0 Å². The van der Waals surface area contributed by atoms with Crippen LogP contribution in [0.1, 0.15) is 25.0 Å². The number of benzene rings is 2. The van der Waals surface area contributed by atoms with Gasteiger partial charge >= 0.3 is 0 Å². The highest BCUT2D eigenvalue weighted by Crippen LogP contribution is 2.19. The quantitative estimate of drug-likeness (QED) is 0.714. The van der Waals surface area contributed by atoms with E-state index in [0.717, 1.165) is 19.8 Å². The largest absolute Gasteiger partial charge is 0.354 e. The van der Waals surface area contributed by atoms with Crippen LogP contribution in [0.25, 0.3) is 0 Å². The molecule has 0 fully saturated rings. The molecule has 0 aliphatic heterocycles. The normalized spacial score (nSPS) is 10.5. The van der Waals surface area contributed by atoms with Crippen LogP contribution in [0.15, 0.2) is 48.5 Å². The molecule has 0 heterocycles. The predicted molar refractivity (Wildman–Crippen MR) is 93.3 cm³/mol. The zero-order valence-electron chi connectivity index (χ0n) is 13.6. The van der Waals surface area contributed by atoms with Crippen molar-refractivity contribution in [3.63, 3.8) is 0 Å². The number of aryl methyl sites for hydroxylation is 2. The lowest BCUT2D eigenvalue weighted by Gasteiger charge is -2.32. The summed E-state index contributed by atoms with van der Waals surface area (Å²) in [5.74, 6) is 0. The van der Waals surface area contributed by atoms with Crippen molar-refractivity contribution >= 4 is 11.4 Å². The molecule has 2 rings (SSSR count). The highest BCUT2D eigenvalue weighted by Gasteiger charge is 2.10. The minimum absolute atomic E-state index is 0.916. The van der Waals surface area contributed by atoms with E-state index in [1.807, 2.05) is 0 Å². The molecule has 21 heavy (non-hydrogen) atoms. The van der Waals surface area contributed by atoms with E-state index in [9.17, 15) is 0 Å². The minimum Gasteiger partial charge on any atom is -0.354 e. The maximum atomic E-state index is 2.41. The summed E-state index contributed by atoms with van der Waals surface area (Å²) in [5, 5.41) is 0. The van der Waals surface area contributed by atoms with Crippen LogP contribution in [0, 0.1) is 13.8 Å². The van der Waals surface area contributed by atoms with Gasteiger partial charge in [-0.1, -0.05) is 35.4 Å². The van der Waals surface area contributed by atoms with E-state index in [2.05, 4.69) is 86.0 Å². The third-order valence-electron chi connectivity index (χ3n) is 3.90. The van der Waals surface area contributed by atoms with Crippen molar-refractivity contribution in [2.24, 2.45) is 0 Å². The lowest BCUT2D eigenvalue weighted by molar-refractivity contribution is 0.754. The van der Waals surface area contributed by atoms with Gasteiger partial charge in [0.1, 0.15) is 0 Å². The Hall–Kier alpha value is -1.96. The van der Waals surface area contributed by atoms with E-state index < -0.39 is 0 Å². The van der Waals surface area contributed by atoms with E-state index >= 15 is 0 Å². The zero-order chi connectivity index (χ0) is 15.2. The monoisotopic (exact) mass is 282 g/mol. The molecular formula is C19H26N2. The molecule has 0 aliphatic carbocycles. The van der Waals surface area contributed by atoms with Gasteiger partial charge in [-0.25, -0.2) is 0 Å². The van der Waals surface area contributed by atoms with Crippen molar-refractivity contribution in [2.75, 3.05) is 29.6 Å². The predicted octanol–water partition coefficient (Wildman–Crippen LogP) is 4.61. The van der Waals surface area contributed by atoms with Gasteiger partial charge in [0.15, 0.2) is 0 Å². The Morgan fingerprint density at radius 1 is 0.619 bits per heavy atom. The number of anilines is 2. The fraction of sp³-hybridized carbons (Fsp3) is 0.368. The van der Waals surface area contributed by atoms with Crippen LogP contribution in [0.5, 0.6) is 0 Å². The third-order valence-corrected chi connectivity index (χ3v) is 3.90. The van der Waals surface area contributed by atoms with Crippen molar-refractivity contribution in [2.45, 2.75) is 27.7 Å². The van der Waals surface area contributed by atoms with Crippen LogP contribution in [0.3, 0.4) is 0 Å². The first-order valence-corrected chi connectivity index (χ1v) is 7.77. The molecule has 2 aromatic rings. The Morgan fingerprint density at radius 3 is 1.24 bits per heavy atom. The molecule has 0 aliphatic rings. The minimum atomic E-state index is 0.916. The molecule has 2 aromatic carbocycles. The lowest BCUT2D eigenvalue weighted by Crippen LogP contribution is -2.38. The second kappa shape index (κ2) is 7.16. The highest BCUT2D eigenvalue weighted by atomic mass is 15.3. The fourth-order valence-electron chi connectivity index (χ4n) is 2.45. The fourth-order valence-corrected chi connectivity index (χ4v) is 2.45. The van der Waals surface area contributed by atoms with E-state index in [-0.39, 0.29) is 0 Å². The van der Waals surface area contributed by atoms with E-state index in [1.165, 1.54) is 22.5 Å². The second-order valence-electron chi connectivity index (χ2n) is 5.52. The molecule has 0 bridgehead atoms. The molecule has 0 atom stereocenters. The first kappa shape index (κ1) is 15.4. The summed E-state index contributed by atoms with van der Waals surface area (Å²) in [6, 6.07) is 17.6. The van der Waals surface area contributed by atoms with Crippen LogP contribution < -0.4 is 9.80 Å². The Kier molecular flexibility index (Phi) is 5.26. The van der Waals surface area contributed by atoms with Crippen molar-refractivity contribution < 1.29 is 0 Å². The van der Waals surface area contributed by atoms with Gasteiger partial charge in [-0.05, 0) is 52.0 Å². The van der Waals surface area contributed by atoms with Gasteiger partial charge < -0.3 is 9.80 Å². The van der Waals surface area contributed by atoms with Crippen LogP contribution in [0.4, 0.5) is 11.4 Å². The summed E-state index contributed by atoms with van der Waals surface area (Å²) in [4.78, 5) is 4.81. The molecule has 0 radical (unpaired) electrons. The lowest BCUT2D eigenvalue weighted by atomic mass is 10.2. The van der Waals surface area contributed by atoms with Crippen LogP contribution in [-0.2, 0) is 0 Å². The zero-order valence-corrected chi connectivity index (χ0v) is 13.6.